The molecule has 1 amide bonds. The minimum Gasteiger partial charge on any atom is -0.494 e. The van der Waals surface area contributed by atoms with Crippen LogP contribution in [0.4, 0.5) is 0 Å². The summed E-state index contributed by atoms with van der Waals surface area (Å²) >= 11 is 1.78. The zero-order chi connectivity index (χ0) is 20.3. The Morgan fingerprint density at radius 3 is 2.72 bits per heavy atom. The first-order valence-corrected chi connectivity index (χ1v) is 12.5. The van der Waals surface area contributed by atoms with Crippen LogP contribution in [-0.2, 0) is 4.79 Å². The summed E-state index contributed by atoms with van der Waals surface area (Å²) in [6.07, 6.45) is 10.4. The van der Waals surface area contributed by atoms with Crippen molar-refractivity contribution in [2.75, 3.05) is 12.4 Å². The normalized spacial score (nSPS) is 27.9. The monoisotopic (exact) mass is 417 g/mol. The lowest BCUT2D eigenvalue weighted by Gasteiger charge is -2.40. The van der Waals surface area contributed by atoms with Gasteiger partial charge < -0.3 is 14.8 Å². The van der Waals surface area contributed by atoms with E-state index in [9.17, 15) is 4.79 Å². The Labute approximate surface area is 179 Å². The maximum absolute atomic E-state index is 12.6. The average molecular weight is 418 g/mol. The highest BCUT2D eigenvalue weighted by atomic mass is 32.2. The lowest BCUT2D eigenvalue weighted by Crippen LogP contribution is -2.39. The number of hydrogen-bond acceptors (Lipinski definition) is 4. The molecule has 160 valence electrons. The van der Waals surface area contributed by atoms with Crippen LogP contribution in [0.2, 0.25) is 0 Å². The summed E-state index contributed by atoms with van der Waals surface area (Å²) in [6.45, 7) is 4.97. The van der Waals surface area contributed by atoms with Gasteiger partial charge in [0.1, 0.15) is 17.1 Å². The number of hydrogen-bond donors (Lipinski definition) is 1. The van der Waals surface area contributed by atoms with Crippen LogP contribution in [0.1, 0.15) is 82.4 Å². The molecule has 0 bridgehead atoms. The number of benzene rings is 1. The fourth-order valence-electron chi connectivity index (χ4n) is 5.17. The largest absolute Gasteiger partial charge is 0.494 e. The van der Waals surface area contributed by atoms with E-state index in [4.69, 9.17) is 9.47 Å². The Morgan fingerprint density at radius 1 is 1.24 bits per heavy atom. The molecule has 0 radical (unpaired) electrons. The van der Waals surface area contributed by atoms with Gasteiger partial charge in [0.25, 0.3) is 0 Å². The Hall–Kier alpha value is -1.36. The van der Waals surface area contributed by atoms with Gasteiger partial charge in [0.05, 0.1) is 12.4 Å². The van der Waals surface area contributed by atoms with Gasteiger partial charge in [0.15, 0.2) is 0 Å². The second kappa shape index (κ2) is 9.20. The molecular weight excluding hydrogens is 382 g/mol. The number of carbonyl (C=O) groups excluding carboxylic acids is 1. The van der Waals surface area contributed by atoms with Gasteiger partial charge in [-0.3, -0.25) is 4.79 Å². The predicted octanol–water partition coefficient (Wildman–Crippen LogP) is 5.65. The summed E-state index contributed by atoms with van der Waals surface area (Å²) in [7, 11) is 0. The Balaban J connectivity index is 1.42. The molecule has 0 aromatic heterocycles. The summed E-state index contributed by atoms with van der Waals surface area (Å²) < 4.78 is 12.2. The Kier molecular flexibility index (Phi) is 6.63. The van der Waals surface area contributed by atoms with Crippen LogP contribution >= 0.6 is 11.8 Å². The van der Waals surface area contributed by atoms with Crippen molar-refractivity contribution in [2.45, 2.75) is 88.5 Å². The first-order valence-electron chi connectivity index (χ1n) is 11.4. The zero-order valence-electron chi connectivity index (χ0n) is 17.9. The molecule has 1 aromatic rings. The van der Waals surface area contributed by atoms with Gasteiger partial charge in [-0.1, -0.05) is 6.92 Å². The van der Waals surface area contributed by atoms with Gasteiger partial charge in [0, 0.05) is 23.3 Å². The van der Waals surface area contributed by atoms with Gasteiger partial charge in [-0.25, -0.2) is 0 Å². The van der Waals surface area contributed by atoms with Crippen molar-refractivity contribution < 1.29 is 14.3 Å². The molecule has 2 saturated carbocycles. The van der Waals surface area contributed by atoms with Crippen LogP contribution in [0.15, 0.2) is 18.2 Å². The molecule has 2 fully saturated rings. The number of thioether (sulfide) groups is 1. The standard InChI is InChI=1S/C24H35NO3S/c1-3-27-19-10-11-21-20(14-19)22(15-24(28-21)12-4-5-13-24)29-16-23(26)25-18-8-6-17(2)7-9-18/h10-11,14,17-18,22H,3-9,12-13,15-16H2,1-2H3,(H,25,26). The number of ether oxygens (including phenoxy) is 2. The van der Waals surface area contributed by atoms with E-state index >= 15 is 0 Å². The molecule has 1 atom stereocenters. The van der Waals surface area contributed by atoms with E-state index < -0.39 is 0 Å². The van der Waals surface area contributed by atoms with Crippen LogP contribution in [-0.4, -0.2) is 29.9 Å². The van der Waals surface area contributed by atoms with Crippen molar-refractivity contribution in [1.82, 2.24) is 5.32 Å². The molecule has 1 heterocycles. The van der Waals surface area contributed by atoms with E-state index in [1.807, 2.05) is 13.0 Å². The van der Waals surface area contributed by atoms with Crippen molar-refractivity contribution in [1.29, 1.82) is 0 Å². The quantitative estimate of drug-likeness (QED) is 0.650. The Bertz CT molecular complexity index is 708. The van der Waals surface area contributed by atoms with Gasteiger partial charge in [-0.2, -0.15) is 0 Å². The minimum atomic E-state index is -0.0339. The number of amides is 1. The minimum absolute atomic E-state index is 0.0339. The van der Waals surface area contributed by atoms with Crippen molar-refractivity contribution in [2.24, 2.45) is 5.92 Å². The smallest absolute Gasteiger partial charge is 0.230 e. The maximum atomic E-state index is 12.6. The summed E-state index contributed by atoms with van der Waals surface area (Å²) in [4.78, 5) is 12.6. The van der Waals surface area contributed by atoms with Crippen LogP contribution in [0.5, 0.6) is 11.5 Å². The summed E-state index contributed by atoms with van der Waals surface area (Å²) in [5.74, 6) is 3.39. The van der Waals surface area contributed by atoms with Gasteiger partial charge in [-0.15, -0.1) is 11.8 Å². The first kappa shape index (κ1) is 20.9. The molecule has 3 aliphatic rings. The lowest BCUT2D eigenvalue weighted by molar-refractivity contribution is -0.119. The van der Waals surface area contributed by atoms with Gasteiger partial charge in [0.2, 0.25) is 5.91 Å². The number of nitrogens with one attached hydrogen (secondary N) is 1. The molecule has 4 nitrogen and oxygen atoms in total. The summed E-state index contributed by atoms with van der Waals surface area (Å²) in [5.41, 5.74) is 1.16. The third kappa shape index (κ3) is 5.04. The Morgan fingerprint density at radius 2 is 2.00 bits per heavy atom. The van der Waals surface area contributed by atoms with Crippen molar-refractivity contribution in [3.8, 4) is 11.5 Å². The molecule has 4 rings (SSSR count). The molecule has 5 heteroatoms. The molecule has 0 saturated heterocycles. The molecule has 1 unspecified atom stereocenters. The molecule has 29 heavy (non-hydrogen) atoms. The lowest BCUT2D eigenvalue weighted by atomic mass is 9.87. The number of fused-ring (bicyclic) bond motifs is 1. The van der Waals surface area contributed by atoms with Crippen LogP contribution in [0.25, 0.3) is 0 Å². The third-order valence-electron chi connectivity index (χ3n) is 6.83. The van der Waals surface area contributed by atoms with E-state index in [-0.39, 0.29) is 16.8 Å². The maximum Gasteiger partial charge on any atom is 0.230 e. The van der Waals surface area contributed by atoms with Gasteiger partial charge in [-0.05, 0) is 82.4 Å². The van der Waals surface area contributed by atoms with Crippen LogP contribution in [0.3, 0.4) is 0 Å². The van der Waals surface area contributed by atoms with E-state index in [0.717, 1.165) is 49.5 Å². The first-order chi connectivity index (χ1) is 14.1. The van der Waals surface area contributed by atoms with Crippen molar-refractivity contribution in [3.05, 3.63) is 23.8 Å². The van der Waals surface area contributed by atoms with E-state index in [0.29, 0.717) is 18.4 Å². The van der Waals surface area contributed by atoms with Gasteiger partial charge >= 0.3 is 0 Å². The molecule has 1 aliphatic heterocycles. The number of carbonyl (C=O) groups is 1. The highest BCUT2D eigenvalue weighted by Gasteiger charge is 2.43. The fraction of sp³-hybridized carbons (Fsp3) is 0.708. The molecule has 1 aromatic carbocycles. The molecular formula is C24H35NO3S. The van der Waals surface area contributed by atoms with E-state index in [2.05, 4.69) is 24.4 Å². The average Bonchev–Trinajstić information content (AvgIpc) is 3.16. The van der Waals surface area contributed by atoms with Crippen LogP contribution < -0.4 is 14.8 Å². The fourth-order valence-corrected chi connectivity index (χ4v) is 6.40. The highest BCUT2D eigenvalue weighted by molar-refractivity contribution is 8.00. The zero-order valence-corrected chi connectivity index (χ0v) is 18.7. The highest BCUT2D eigenvalue weighted by Crippen LogP contribution is 2.52. The number of rotatable bonds is 6. The molecule has 1 N–H and O–H groups in total. The molecule has 2 aliphatic carbocycles. The predicted molar refractivity (Wildman–Crippen MR) is 119 cm³/mol. The topological polar surface area (TPSA) is 47.6 Å². The third-order valence-corrected chi connectivity index (χ3v) is 8.09. The van der Waals surface area contributed by atoms with Crippen molar-refractivity contribution >= 4 is 17.7 Å². The SMILES string of the molecule is CCOc1ccc2c(c1)C(SCC(=O)NC1CCC(C)CC1)CC1(CCCC1)O2. The second-order valence-electron chi connectivity index (χ2n) is 9.15. The van der Waals surface area contributed by atoms with Crippen molar-refractivity contribution in [3.63, 3.8) is 0 Å². The van der Waals surface area contributed by atoms with E-state index in [1.54, 1.807) is 11.8 Å². The molecule has 1 spiro atoms. The van der Waals surface area contributed by atoms with E-state index in [1.165, 1.54) is 31.2 Å². The summed E-state index contributed by atoms with van der Waals surface area (Å²) in [5, 5.41) is 3.57. The second-order valence-corrected chi connectivity index (χ2v) is 10.3. The van der Waals surface area contributed by atoms with Crippen LogP contribution in [0, 0.1) is 5.92 Å². The summed E-state index contributed by atoms with van der Waals surface area (Å²) in [6, 6.07) is 6.57.